The molecular weight excluding hydrogens is 403 g/mol. The van der Waals surface area contributed by atoms with E-state index in [2.05, 4.69) is 12.2 Å². The van der Waals surface area contributed by atoms with Crippen LogP contribution in [-0.4, -0.2) is 40.8 Å². The molecule has 0 radical (unpaired) electrons. The monoisotopic (exact) mass is 450 g/mol. The van der Waals surface area contributed by atoms with Crippen LogP contribution in [0.2, 0.25) is 0 Å². The van der Waals surface area contributed by atoms with Crippen molar-refractivity contribution in [3.8, 4) is 0 Å². The maximum absolute atomic E-state index is 12.1. The van der Waals surface area contributed by atoms with Gasteiger partial charge in [0, 0.05) is 6.42 Å². The number of carboxylic acid groups (broad SMARTS) is 1. The van der Waals surface area contributed by atoms with Gasteiger partial charge in [0.15, 0.2) is 0 Å². The SMILES string of the molecule is CCCCCCCCCCCCCCCCCC(=O)N(O)C(C)C(NCC)C(=O)[O-].[Na+]. The van der Waals surface area contributed by atoms with Crippen LogP contribution in [-0.2, 0) is 9.59 Å². The molecule has 6 nitrogen and oxygen atoms in total. The van der Waals surface area contributed by atoms with Crippen LogP contribution in [0, 0.1) is 0 Å². The number of rotatable bonds is 21. The smallest absolute Gasteiger partial charge is 0.548 e. The number of aliphatic carboxylic acids is 1. The van der Waals surface area contributed by atoms with Crippen molar-refractivity contribution in [2.24, 2.45) is 0 Å². The Kier molecular flexibility index (Phi) is 24.5. The third-order valence-corrected chi connectivity index (χ3v) is 5.80. The van der Waals surface area contributed by atoms with Gasteiger partial charge >= 0.3 is 29.6 Å². The van der Waals surface area contributed by atoms with E-state index < -0.39 is 24.0 Å². The Bertz CT molecular complexity index is 438. The third-order valence-electron chi connectivity index (χ3n) is 5.80. The molecule has 0 aliphatic rings. The van der Waals surface area contributed by atoms with E-state index in [1.54, 1.807) is 6.92 Å². The molecule has 0 saturated carbocycles. The number of unbranched alkanes of at least 4 members (excludes halogenated alkanes) is 14. The van der Waals surface area contributed by atoms with Crippen LogP contribution >= 0.6 is 0 Å². The molecule has 31 heavy (non-hydrogen) atoms. The van der Waals surface area contributed by atoms with Gasteiger partial charge in [-0.3, -0.25) is 10.0 Å². The van der Waals surface area contributed by atoms with Crippen molar-refractivity contribution in [1.82, 2.24) is 10.4 Å². The molecule has 2 atom stereocenters. The fourth-order valence-electron chi connectivity index (χ4n) is 3.80. The number of carbonyl (C=O) groups is 2. The summed E-state index contributed by atoms with van der Waals surface area (Å²) in [6.07, 6.45) is 19.1. The summed E-state index contributed by atoms with van der Waals surface area (Å²) >= 11 is 0. The van der Waals surface area contributed by atoms with Gasteiger partial charge in [-0.15, -0.1) is 0 Å². The number of hydroxylamine groups is 2. The number of carbonyl (C=O) groups excluding carboxylic acids is 2. The van der Waals surface area contributed by atoms with Crippen LogP contribution in [0.4, 0.5) is 0 Å². The number of amides is 1. The van der Waals surface area contributed by atoms with Gasteiger partial charge in [0.2, 0.25) is 5.91 Å². The van der Waals surface area contributed by atoms with Crippen LogP contribution in [0.15, 0.2) is 0 Å². The van der Waals surface area contributed by atoms with Gasteiger partial charge in [-0.2, -0.15) is 0 Å². The zero-order valence-corrected chi connectivity index (χ0v) is 22.8. The normalized spacial score (nSPS) is 12.8. The minimum Gasteiger partial charge on any atom is -0.548 e. The molecule has 0 rings (SSSR count). The summed E-state index contributed by atoms with van der Waals surface area (Å²) in [5.74, 6) is -1.75. The first-order valence-electron chi connectivity index (χ1n) is 12.4. The fraction of sp³-hybridized carbons (Fsp3) is 0.917. The topological polar surface area (TPSA) is 92.7 Å². The van der Waals surface area contributed by atoms with Crippen LogP contribution in [0.5, 0.6) is 0 Å². The van der Waals surface area contributed by atoms with Gasteiger partial charge in [-0.25, -0.2) is 5.06 Å². The molecule has 0 aromatic rings. The largest absolute Gasteiger partial charge is 1.00 e. The Morgan fingerprint density at radius 2 is 1.19 bits per heavy atom. The first-order chi connectivity index (χ1) is 14.5. The molecule has 2 N–H and O–H groups in total. The number of nitrogens with one attached hydrogen (secondary N) is 1. The Morgan fingerprint density at radius 1 is 0.806 bits per heavy atom. The fourth-order valence-corrected chi connectivity index (χ4v) is 3.80. The molecule has 0 fully saturated rings. The van der Waals surface area contributed by atoms with E-state index in [0.29, 0.717) is 11.6 Å². The molecule has 0 aromatic carbocycles. The van der Waals surface area contributed by atoms with Crippen LogP contribution in [0.25, 0.3) is 0 Å². The number of nitrogens with zero attached hydrogens (tertiary/aromatic N) is 1. The summed E-state index contributed by atoms with van der Waals surface area (Å²) in [4.78, 5) is 23.2. The molecule has 0 aliphatic heterocycles. The minimum atomic E-state index is -1.32. The van der Waals surface area contributed by atoms with Crippen molar-refractivity contribution >= 4 is 11.9 Å². The molecule has 0 aromatic heterocycles. The summed E-state index contributed by atoms with van der Waals surface area (Å²) in [5.41, 5.74) is 0. The number of carboxylic acids is 1. The first-order valence-corrected chi connectivity index (χ1v) is 12.4. The maximum Gasteiger partial charge on any atom is 1.00 e. The summed E-state index contributed by atoms with van der Waals surface area (Å²) in [5, 5.41) is 24.4. The molecular formula is C24H47N2NaO4. The zero-order chi connectivity index (χ0) is 22.6. The molecule has 0 spiro atoms. The van der Waals surface area contributed by atoms with E-state index in [0.717, 1.165) is 19.3 Å². The first kappa shape index (κ1) is 33.0. The van der Waals surface area contributed by atoms with Gasteiger partial charge < -0.3 is 15.2 Å². The molecule has 0 aliphatic carbocycles. The van der Waals surface area contributed by atoms with Crippen LogP contribution in [0.1, 0.15) is 124 Å². The number of hydrogen-bond donors (Lipinski definition) is 2. The summed E-state index contributed by atoms with van der Waals surface area (Å²) in [6, 6.07) is -1.94. The Balaban J connectivity index is 0. The maximum atomic E-state index is 12.1. The molecule has 2 unspecified atom stereocenters. The van der Waals surface area contributed by atoms with Crippen molar-refractivity contribution < 1.29 is 49.5 Å². The predicted molar refractivity (Wildman–Crippen MR) is 120 cm³/mol. The molecule has 0 saturated heterocycles. The van der Waals surface area contributed by atoms with E-state index in [1.165, 1.54) is 84.0 Å². The quantitative estimate of drug-likeness (QED) is 0.120. The van der Waals surface area contributed by atoms with E-state index in [4.69, 9.17) is 0 Å². The molecule has 7 heteroatoms. The van der Waals surface area contributed by atoms with Crippen molar-refractivity contribution in [2.75, 3.05) is 6.54 Å². The number of hydrogen-bond acceptors (Lipinski definition) is 5. The summed E-state index contributed by atoms with van der Waals surface area (Å²) in [7, 11) is 0. The van der Waals surface area contributed by atoms with Gasteiger partial charge in [0.1, 0.15) is 0 Å². The van der Waals surface area contributed by atoms with Crippen LogP contribution in [0.3, 0.4) is 0 Å². The van der Waals surface area contributed by atoms with E-state index >= 15 is 0 Å². The second-order valence-corrected chi connectivity index (χ2v) is 8.53. The predicted octanol–water partition coefficient (Wildman–Crippen LogP) is 1.59. The van der Waals surface area contributed by atoms with Gasteiger partial charge in [-0.05, 0) is 19.9 Å². The summed E-state index contributed by atoms with van der Waals surface area (Å²) < 4.78 is 0. The van der Waals surface area contributed by atoms with Gasteiger partial charge in [-0.1, -0.05) is 104 Å². The Morgan fingerprint density at radius 3 is 1.55 bits per heavy atom. The van der Waals surface area contributed by atoms with Gasteiger partial charge in [0.25, 0.3) is 0 Å². The van der Waals surface area contributed by atoms with Crippen molar-refractivity contribution in [3.05, 3.63) is 0 Å². The molecule has 0 bridgehead atoms. The van der Waals surface area contributed by atoms with Crippen LogP contribution < -0.4 is 40.0 Å². The van der Waals surface area contributed by atoms with Gasteiger partial charge in [0.05, 0.1) is 18.1 Å². The second-order valence-electron chi connectivity index (χ2n) is 8.53. The van der Waals surface area contributed by atoms with Crippen molar-refractivity contribution in [1.29, 1.82) is 0 Å². The molecule has 1 amide bonds. The van der Waals surface area contributed by atoms with E-state index in [-0.39, 0.29) is 36.0 Å². The molecule has 178 valence electrons. The Hall–Kier alpha value is -0.140. The minimum absolute atomic E-state index is 0. The Labute approximate surface area is 213 Å². The van der Waals surface area contributed by atoms with Crippen molar-refractivity contribution in [3.63, 3.8) is 0 Å². The summed E-state index contributed by atoms with van der Waals surface area (Å²) in [6.45, 7) is 5.95. The second kappa shape index (κ2) is 23.0. The molecule has 0 heterocycles. The van der Waals surface area contributed by atoms with Crippen molar-refractivity contribution in [2.45, 2.75) is 136 Å². The van der Waals surface area contributed by atoms with E-state index in [1.807, 2.05) is 0 Å². The third kappa shape index (κ3) is 18.0. The zero-order valence-electron chi connectivity index (χ0n) is 20.8. The number of likely N-dealkylation sites (N-methyl/N-ethyl adjacent to an activating group) is 1. The van der Waals surface area contributed by atoms with E-state index in [9.17, 15) is 19.9 Å². The average molecular weight is 451 g/mol. The average Bonchev–Trinajstić information content (AvgIpc) is 2.73. The standard InChI is InChI=1S/C24H48N2O4.Na/c1-4-6-7-8-9-10-11-12-13-14-15-16-17-18-19-20-22(27)26(30)21(3)23(24(28)29)25-5-2;/h21,23,25,30H,4-20H2,1-3H3,(H,28,29);/q;+1/p-1.